The predicted molar refractivity (Wildman–Crippen MR) is 58.4 cm³/mol. The quantitative estimate of drug-likeness (QED) is 0.744. The van der Waals surface area contributed by atoms with Gasteiger partial charge >= 0.3 is 0 Å². The predicted octanol–water partition coefficient (Wildman–Crippen LogP) is 1.36. The van der Waals surface area contributed by atoms with Gasteiger partial charge in [0.1, 0.15) is 5.76 Å². The van der Waals surface area contributed by atoms with Crippen molar-refractivity contribution in [2.24, 2.45) is 0 Å². The Morgan fingerprint density at radius 3 is 2.93 bits per heavy atom. The maximum Gasteiger partial charge on any atom is 0.105 e. The maximum absolute atomic E-state index is 5.32. The molecule has 0 aliphatic carbocycles. The minimum absolute atomic E-state index is 0.523. The average molecular weight is 196 g/mol. The summed E-state index contributed by atoms with van der Waals surface area (Å²) in [6, 6.07) is 4.49. The second kappa shape index (κ2) is 5.83. The first-order chi connectivity index (χ1) is 6.74. The molecule has 1 aromatic rings. The lowest BCUT2D eigenvalue weighted by Gasteiger charge is -2.23. The SMILES string of the molecule is CNCCN(C)C(C)Cc1ccco1. The summed E-state index contributed by atoms with van der Waals surface area (Å²) >= 11 is 0. The third-order valence-electron chi connectivity index (χ3n) is 2.54. The Balaban J connectivity index is 2.30. The van der Waals surface area contributed by atoms with E-state index in [-0.39, 0.29) is 0 Å². The van der Waals surface area contributed by atoms with E-state index in [0.29, 0.717) is 6.04 Å². The first kappa shape index (κ1) is 11.3. The number of hydrogen-bond donors (Lipinski definition) is 1. The topological polar surface area (TPSA) is 28.4 Å². The van der Waals surface area contributed by atoms with Crippen molar-refractivity contribution >= 4 is 0 Å². The molecule has 3 nitrogen and oxygen atoms in total. The molecule has 0 fully saturated rings. The summed E-state index contributed by atoms with van der Waals surface area (Å²) in [5.41, 5.74) is 0. The van der Waals surface area contributed by atoms with Crippen LogP contribution in [0.25, 0.3) is 0 Å². The van der Waals surface area contributed by atoms with Crippen LogP contribution in [0.15, 0.2) is 22.8 Å². The molecule has 1 unspecified atom stereocenters. The second-order valence-corrected chi connectivity index (χ2v) is 3.72. The van der Waals surface area contributed by atoms with Gasteiger partial charge in [0.2, 0.25) is 0 Å². The van der Waals surface area contributed by atoms with Crippen LogP contribution in [0, 0.1) is 0 Å². The van der Waals surface area contributed by atoms with Crippen molar-refractivity contribution in [3.8, 4) is 0 Å². The van der Waals surface area contributed by atoms with Gasteiger partial charge in [0.05, 0.1) is 6.26 Å². The number of hydrogen-bond acceptors (Lipinski definition) is 3. The molecule has 3 heteroatoms. The summed E-state index contributed by atoms with van der Waals surface area (Å²) in [7, 11) is 4.12. The molecule has 0 aliphatic heterocycles. The number of furan rings is 1. The van der Waals surface area contributed by atoms with Gasteiger partial charge in [0, 0.05) is 25.6 Å². The minimum atomic E-state index is 0.523. The van der Waals surface area contributed by atoms with E-state index in [9.17, 15) is 0 Å². The van der Waals surface area contributed by atoms with Crippen molar-refractivity contribution in [3.63, 3.8) is 0 Å². The Bertz CT molecular complexity index is 233. The van der Waals surface area contributed by atoms with E-state index in [0.717, 1.165) is 25.3 Å². The molecule has 0 saturated carbocycles. The zero-order valence-electron chi connectivity index (χ0n) is 9.29. The molecule has 0 aliphatic rings. The van der Waals surface area contributed by atoms with Gasteiger partial charge in [0.15, 0.2) is 0 Å². The van der Waals surface area contributed by atoms with Gasteiger partial charge in [-0.1, -0.05) is 0 Å². The van der Waals surface area contributed by atoms with Crippen molar-refractivity contribution in [2.75, 3.05) is 27.2 Å². The molecule has 0 aromatic carbocycles. The van der Waals surface area contributed by atoms with Crippen LogP contribution in [0.3, 0.4) is 0 Å². The van der Waals surface area contributed by atoms with Crippen LogP contribution in [-0.2, 0) is 6.42 Å². The van der Waals surface area contributed by atoms with Crippen LogP contribution in [0.2, 0.25) is 0 Å². The largest absolute Gasteiger partial charge is 0.469 e. The highest BCUT2D eigenvalue weighted by Crippen LogP contribution is 2.07. The lowest BCUT2D eigenvalue weighted by atomic mass is 10.2. The number of nitrogens with one attached hydrogen (secondary N) is 1. The Kier molecular flexibility index (Phi) is 4.70. The van der Waals surface area contributed by atoms with E-state index in [4.69, 9.17) is 4.42 Å². The average Bonchev–Trinajstić information content (AvgIpc) is 2.66. The molecular weight excluding hydrogens is 176 g/mol. The first-order valence-corrected chi connectivity index (χ1v) is 5.11. The molecule has 1 atom stereocenters. The normalized spacial score (nSPS) is 13.4. The molecule has 1 aromatic heterocycles. The third-order valence-corrected chi connectivity index (χ3v) is 2.54. The smallest absolute Gasteiger partial charge is 0.105 e. The van der Waals surface area contributed by atoms with E-state index < -0.39 is 0 Å². The lowest BCUT2D eigenvalue weighted by Crippen LogP contribution is -2.35. The monoisotopic (exact) mass is 196 g/mol. The van der Waals surface area contributed by atoms with E-state index in [1.54, 1.807) is 6.26 Å². The fourth-order valence-electron chi connectivity index (χ4n) is 1.38. The van der Waals surface area contributed by atoms with E-state index in [2.05, 4.69) is 24.2 Å². The molecule has 0 spiro atoms. The molecule has 0 amide bonds. The molecule has 1 N–H and O–H groups in total. The zero-order chi connectivity index (χ0) is 10.4. The van der Waals surface area contributed by atoms with Gasteiger partial charge < -0.3 is 14.6 Å². The Morgan fingerprint density at radius 2 is 2.36 bits per heavy atom. The van der Waals surface area contributed by atoms with E-state index in [1.807, 2.05) is 19.2 Å². The fourth-order valence-corrected chi connectivity index (χ4v) is 1.38. The summed E-state index contributed by atoms with van der Waals surface area (Å²) in [6.07, 6.45) is 2.71. The molecule has 1 heterocycles. The van der Waals surface area contributed by atoms with Crippen LogP contribution in [0.1, 0.15) is 12.7 Å². The van der Waals surface area contributed by atoms with Crippen molar-refractivity contribution in [1.29, 1.82) is 0 Å². The standard InChI is InChI=1S/C11H20N2O/c1-10(13(3)7-6-12-2)9-11-5-4-8-14-11/h4-5,8,10,12H,6-7,9H2,1-3H3. The summed E-state index contributed by atoms with van der Waals surface area (Å²) in [4.78, 5) is 2.33. The summed E-state index contributed by atoms with van der Waals surface area (Å²) in [5, 5.41) is 3.15. The third kappa shape index (κ3) is 3.52. The number of likely N-dealkylation sites (N-methyl/N-ethyl adjacent to an activating group) is 2. The van der Waals surface area contributed by atoms with Gasteiger partial charge in [-0.05, 0) is 33.2 Å². The summed E-state index contributed by atoms with van der Waals surface area (Å²) in [6.45, 7) is 4.32. The van der Waals surface area contributed by atoms with Crippen molar-refractivity contribution in [2.45, 2.75) is 19.4 Å². The van der Waals surface area contributed by atoms with Gasteiger partial charge in [0.25, 0.3) is 0 Å². The summed E-state index contributed by atoms with van der Waals surface area (Å²) in [5.74, 6) is 1.06. The molecule has 14 heavy (non-hydrogen) atoms. The minimum Gasteiger partial charge on any atom is -0.469 e. The lowest BCUT2D eigenvalue weighted by molar-refractivity contribution is 0.249. The molecule has 1 rings (SSSR count). The Hall–Kier alpha value is -0.800. The van der Waals surface area contributed by atoms with Crippen LogP contribution < -0.4 is 5.32 Å². The molecular formula is C11H20N2O. The van der Waals surface area contributed by atoms with Crippen molar-refractivity contribution in [1.82, 2.24) is 10.2 Å². The van der Waals surface area contributed by atoms with E-state index >= 15 is 0 Å². The molecule has 80 valence electrons. The van der Waals surface area contributed by atoms with Crippen LogP contribution in [0.4, 0.5) is 0 Å². The molecule has 0 radical (unpaired) electrons. The van der Waals surface area contributed by atoms with Gasteiger partial charge in [-0.3, -0.25) is 0 Å². The highest BCUT2D eigenvalue weighted by molar-refractivity contribution is 4.99. The van der Waals surface area contributed by atoms with Gasteiger partial charge in [-0.25, -0.2) is 0 Å². The van der Waals surface area contributed by atoms with E-state index in [1.165, 1.54) is 0 Å². The Morgan fingerprint density at radius 1 is 1.57 bits per heavy atom. The first-order valence-electron chi connectivity index (χ1n) is 5.11. The van der Waals surface area contributed by atoms with Crippen LogP contribution >= 0.6 is 0 Å². The fraction of sp³-hybridized carbons (Fsp3) is 0.636. The highest BCUT2D eigenvalue weighted by atomic mass is 16.3. The molecule has 0 saturated heterocycles. The summed E-state index contributed by atoms with van der Waals surface area (Å²) < 4.78 is 5.32. The molecule has 0 bridgehead atoms. The number of nitrogens with zero attached hydrogens (tertiary/aromatic N) is 1. The van der Waals surface area contributed by atoms with Crippen molar-refractivity contribution < 1.29 is 4.42 Å². The number of rotatable bonds is 6. The highest BCUT2D eigenvalue weighted by Gasteiger charge is 2.10. The zero-order valence-corrected chi connectivity index (χ0v) is 9.29. The van der Waals surface area contributed by atoms with Crippen LogP contribution in [0.5, 0.6) is 0 Å². The van der Waals surface area contributed by atoms with Crippen molar-refractivity contribution in [3.05, 3.63) is 24.2 Å². The Labute approximate surface area is 86.1 Å². The van der Waals surface area contributed by atoms with Gasteiger partial charge in [-0.15, -0.1) is 0 Å². The maximum atomic E-state index is 5.32. The van der Waals surface area contributed by atoms with Gasteiger partial charge in [-0.2, -0.15) is 0 Å². The van der Waals surface area contributed by atoms with Crippen LogP contribution in [-0.4, -0.2) is 38.1 Å². The second-order valence-electron chi connectivity index (χ2n) is 3.72.